The topological polar surface area (TPSA) is 56.7 Å². The molecule has 18 heavy (non-hydrogen) atoms. The van der Waals surface area contributed by atoms with Crippen LogP contribution in [0.1, 0.15) is 5.56 Å². The molecule has 1 atom stereocenters. The van der Waals surface area contributed by atoms with Crippen LogP contribution in [0.2, 0.25) is 5.02 Å². The fourth-order valence-electron chi connectivity index (χ4n) is 2.11. The first-order valence-electron chi connectivity index (χ1n) is 5.81. The Labute approximate surface area is 111 Å². The summed E-state index contributed by atoms with van der Waals surface area (Å²) >= 11 is 6.06. The summed E-state index contributed by atoms with van der Waals surface area (Å²) in [5.74, 6) is -0.775. The lowest BCUT2D eigenvalue weighted by molar-refractivity contribution is -0.145. The fourth-order valence-corrected chi connectivity index (χ4v) is 2.29. The highest BCUT2D eigenvalue weighted by Gasteiger charge is 2.29. The minimum Gasteiger partial charge on any atom is -0.480 e. The van der Waals surface area contributed by atoms with Gasteiger partial charge in [0.25, 0.3) is 0 Å². The number of carboxylic acid groups (broad SMARTS) is 1. The molecule has 0 aromatic carbocycles. The standard InChI is InChI=1S/C12H16ClN3O2/c1-15-4-5-16(8-11(15)12(17)18)7-9-2-3-14-6-10(9)13/h2-3,6,11H,4-5,7-8H2,1H3,(H,17,18). The smallest absolute Gasteiger partial charge is 0.322 e. The lowest BCUT2D eigenvalue weighted by Gasteiger charge is -2.37. The zero-order valence-corrected chi connectivity index (χ0v) is 11.0. The lowest BCUT2D eigenvalue weighted by atomic mass is 10.1. The van der Waals surface area contributed by atoms with Crippen LogP contribution >= 0.6 is 11.6 Å². The minimum atomic E-state index is -0.775. The van der Waals surface area contributed by atoms with Crippen molar-refractivity contribution in [3.63, 3.8) is 0 Å². The quantitative estimate of drug-likeness (QED) is 0.885. The van der Waals surface area contributed by atoms with Gasteiger partial charge in [-0.1, -0.05) is 11.6 Å². The van der Waals surface area contributed by atoms with E-state index in [1.807, 2.05) is 18.0 Å². The molecule has 1 aliphatic heterocycles. The monoisotopic (exact) mass is 269 g/mol. The van der Waals surface area contributed by atoms with Crippen LogP contribution in [0.5, 0.6) is 0 Å². The maximum atomic E-state index is 11.1. The molecule has 0 aliphatic carbocycles. The van der Waals surface area contributed by atoms with Crippen molar-refractivity contribution in [1.82, 2.24) is 14.8 Å². The molecule has 0 bridgehead atoms. The minimum absolute atomic E-state index is 0.445. The van der Waals surface area contributed by atoms with Gasteiger partial charge in [-0.05, 0) is 18.7 Å². The largest absolute Gasteiger partial charge is 0.480 e. The molecule has 0 spiro atoms. The average molecular weight is 270 g/mol. The van der Waals surface area contributed by atoms with Crippen molar-refractivity contribution in [1.29, 1.82) is 0 Å². The number of rotatable bonds is 3. The Kier molecular flexibility index (Phi) is 4.16. The Balaban J connectivity index is 2.03. The number of hydrogen-bond donors (Lipinski definition) is 1. The Morgan fingerprint density at radius 2 is 2.39 bits per heavy atom. The third kappa shape index (κ3) is 2.98. The molecule has 6 heteroatoms. The first-order valence-corrected chi connectivity index (χ1v) is 6.19. The van der Waals surface area contributed by atoms with Crippen LogP contribution < -0.4 is 0 Å². The highest BCUT2D eigenvalue weighted by molar-refractivity contribution is 6.31. The number of pyridine rings is 1. The third-order valence-corrected chi connectivity index (χ3v) is 3.61. The Morgan fingerprint density at radius 1 is 1.61 bits per heavy atom. The zero-order valence-electron chi connectivity index (χ0n) is 10.2. The summed E-state index contributed by atoms with van der Waals surface area (Å²) in [5.41, 5.74) is 0.986. The van der Waals surface area contributed by atoms with Crippen LogP contribution in [0.25, 0.3) is 0 Å². The lowest BCUT2D eigenvalue weighted by Crippen LogP contribution is -2.54. The van der Waals surface area contributed by atoms with Gasteiger partial charge < -0.3 is 5.11 Å². The van der Waals surface area contributed by atoms with E-state index in [4.69, 9.17) is 16.7 Å². The Morgan fingerprint density at radius 3 is 3.06 bits per heavy atom. The second-order valence-electron chi connectivity index (χ2n) is 4.54. The predicted octanol–water partition coefficient (Wildman–Crippen LogP) is 0.936. The van der Waals surface area contributed by atoms with E-state index >= 15 is 0 Å². The van der Waals surface area contributed by atoms with Gasteiger partial charge in [0.15, 0.2) is 0 Å². The van der Waals surface area contributed by atoms with E-state index in [-0.39, 0.29) is 0 Å². The summed E-state index contributed by atoms with van der Waals surface area (Å²) in [6, 6.07) is 1.43. The van der Waals surface area contributed by atoms with Crippen molar-refractivity contribution < 1.29 is 9.90 Å². The molecule has 2 heterocycles. The van der Waals surface area contributed by atoms with Crippen LogP contribution in [0.15, 0.2) is 18.5 Å². The SMILES string of the molecule is CN1CCN(Cc2ccncc2Cl)CC1C(=O)O. The normalized spacial score (nSPS) is 22.0. The molecule has 0 radical (unpaired) electrons. The van der Waals surface area contributed by atoms with Gasteiger partial charge in [-0.25, -0.2) is 0 Å². The van der Waals surface area contributed by atoms with Gasteiger partial charge in [0.1, 0.15) is 6.04 Å². The number of halogens is 1. The summed E-state index contributed by atoms with van der Waals surface area (Å²) in [5, 5.41) is 9.77. The Bertz CT molecular complexity index is 441. The third-order valence-electron chi connectivity index (χ3n) is 3.27. The second kappa shape index (κ2) is 5.65. The first-order chi connectivity index (χ1) is 8.58. The maximum Gasteiger partial charge on any atom is 0.322 e. The van der Waals surface area contributed by atoms with Gasteiger partial charge >= 0.3 is 5.97 Å². The van der Waals surface area contributed by atoms with Crippen molar-refractivity contribution in [2.75, 3.05) is 26.7 Å². The molecule has 1 aromatic rings. The first kappa shape index (κ1) is 13.3. The van der Waals surface area contributed by atoms with Crippen molar-refractivity contribution in [3.05, 3.63) is 29.0 Å². The van der Waals surface area contributed by atoms with Crippen LogP contribution in [0.3, 0.4) is 0 Å². The Hall–Kier alpha value is -1.17. The van der Waals surface area contributed by atoms with Crippen LogP contribution in [0, 0.1) is 0 Å². The van der Waals surface area contributed by atoms with E-state index in [1.165, 1.54) is 0 Å². The molecule has 98 valence electrons. The number of aliphatic carboxylic acids is 1. The molecular formula is C12H16ClN3O2. The number of likely N-dealkylation sites (N-methyl/N-ethyl adjacent to an activating group) is 1. The molecule has 1 fully saturated rings. The molecule has 1 N–H and O–H groups in total. The van der Waals surface area contributed by atoms with E-state index in [1.54, 1.807) is 12.4 Å². The van der Waals surface area contributed by atoms with Crippen molar-refractivity contribution in [2.24, 2.45) is 0 Å². The molecule has 5 nitrogen and oxygen atoms in total. The molecule has 0 amide bonds. The second-order valence-corrected chi connectivity index (χ2v) is 4.94. The van der Waals surface area contributed by atoms with E-state index in [0.29, 0.717) is 18.1 Å². The number of nitrogens with zero attached hydrogens (tertiary/aromatic N) is 3. The molecule has 2 rings (SSSR count). The van der Waals surface area contributed by atoms with Gasteiger partial charge in [-0.2, -0.15) is 0 Å². The molecule has 1 saturated heterocycles. The maximum absolute atomic E-state index is 11.1. The highest BCUT2D eigenvalue weighted by atomic mass is 35.5. The average Bonchev–Trinajstić information content (AvgIpc) is 2.34. The highest BCUT2D eigenvalue weighted by Crippen LogP contribution is 2.18. The summed E-state index contributed by atoms with van der Waals surface area (Å²) in [7, 11) is 1.84. The summed E-state index contributed by atoms with van der Waals surface area (Å²) in [4.78, 5) is 19.0. The molecular weight excluding hydrogens is 254 g/mol. The van der Waals surface area contributed by atoms with E-state index in [9.17, 15) is 4.79 Å². The molecule has 1 aromatic heterocycles. The number of carboxylic acids is 1. The van der Waals surface area contributed by atoms with Crippen LogP contribution in [-0.4, -0.2) is 58.6 Å². The molecule has 1 aliphatic rings. The van der Waals surface area contributed by atoms with E-state index < -0.39 is 12.0 Å². The number of carbonyl (C=O) groups is 1. The van der Waals surface area contributed by atoms with E-state index in [0.717, 1.165) is 18.7 Å². The fraction of sp³-hybridized carbons (Fsp3) is 0.500. The zero-order chi connectivity index (χ0) is 13.1. The van der Waals surface area contributed by atoms with E-state index in [2.05, 4.69) is 9.88 Å². The number of aromatic nitrogens is 1. The summed E-state index contributed by atoms with van der Waals surface area (Å²) in [6.07, 6.45) is 3.31. The number of hydrogen-bond acceptors (Lipinski definition) is 4. The van der Waals surface area contributed by atoms with Gasteiger partial charge in [0, 0.05) is 38.6 Å². The predicted molar refractivity (Wildman–Crippen MR) is 68.6 cm³/mol. The van der Waals surface area contributed by atoms with Gasteiger partial charge in [-0.3, -0.25) is 19.6 Å². The van der Waals surface area contributed by atoms with Crippen LogP contribution in [-0.2, 0) is 11.3 Å². The summed E-state index contributed by atoms with van der Waals surface area (Å²) < 4.78 is 0. The van der Waals surface area contributed by atoms with Crippen molar-refractivity contribution in [2.45, 2.75) is 12.6 Å². The summed E-state index contributed by atoms with van der Waals surface area (Å²) in [6.45, 7) is 2.78. The molecule has 1 unspecified atom stereocenters. The number of piperazine rings is 1. The van der Waals surface area contributed by atoms with Gasteiger partial charge in [0.2, 0.25) is 0 Å². The van der Waals surface area contributed by atoms with Gasteiger partial charge in [-0.15, -0.1) is 0 Å². The molecule has 0 saturated carbocycles. The van der Waals surface area contributed by atoms with Crippen LogP contribution in [0.4, 0.5) is 0 Å². The van der Waals surface area contributed by atoms with Crippen molar-refractivity contribution in [3.8, 4) is 0 Å². The van der Waals surface area contributed by atoms with Gasteiger partial charge in [0.05, 0.1) is 5.02 Å². The van der Waals surface area contributed by atoms with Crippen molar-refractivity contribution >= 4 is 17.6 Å².